The van der Waals surface area contributed by atoms with E-state index in [0.29, 0.717) is 0 Å². The second-order valence-corrected chi connectivity index (χ2v) is 7.39. The van der Waals surface area contributed by atoms with Gasteiger partial charge in [0, 0.05) is 18.0 Å². The summed E-state index contributed by atoms with van der Waals surface area (Å²) in [6, 6.07) is -0.427. The van der Waals surface area contributed by atoms with Crippen molar-refractivity contribution in [2.75, 3.05) is 18.1 Å². The van der Waals surface area contributed by atoms with Gasteiger partial charge in [-0.2, -0.15) is 0 Å². The number of nitrogens with zero attached hydrogens (tertiary/aromatic N) is 2. The normalized spacial score (nSPS) is 22.2. The van der Waals surface area contributed by atoms with Crippen molar-refractivity contribution >= 4 is 33.1 Å². The zero-order valence-electron chi connectivity index (χ0n) is 10.1. The van der Waals surface area contributed by atoms with Gasteiger partial charge < -0.3 is 10.0 Å². The number of carbonyl (C=O) groups excluding carboxylic acids is 1. The van der Waals surface area contributed by atoms with Gasteiger partial charge in [0.2, 0.25) is 0 Å². The van der Waals surface area contributed by atoms with Crippen LogP contribution in [-0.4, -0.2) is 59.4 Å². The second-order valence-electron chi connectivity index (χ2n) is 4.30. The molecule has 1 aliphatic heterocycles. The molecule has 1 aromatic heterocycles. The molecule has 1 N–H and O–H groups in total. The summed E-state index contributed by atoms with van der Waals surface area (Å²) < 4.78 is 22.9. The van der Waals surface area contributed by atoms with Gasteiger partial charge in [-0.25, -0.2) is 18.2 Å². The van der Waals surface area contributed by atoms with Gasteiger partial charge in [0.05, 0.1) is 11.5 Å². The third-order valence-electron chi connectivity index (χ3n) is 2.84. The van der Waals surface area contributed by atoms with Crippen molar-refractivity contribution in [3.63, 3.8) is 0 Å². The predicted molar refractivity (Wildman–Crippen MR) is 68.2 cm³/mol. The van der Waals surface area contributed by atoms with E-state index in [1.165, 1.54) is 10.3 Å². The molecule has 9 heteroatoms. The molecule has 104 valence electrons. The molecule has 19 heavy (non-hydrogen) atoms. The molecule has 0 saturated carbocycles. The van der Waals surface area contributed by atoms with Crippen LogP contribution in [0.2, 0.25) is 0 Å². The van der Waals surface area contributed by atoms with Crippen LogP contribution < -0.4 is 0 Å². The summed E-state index contributed by atoms with van der Waals surface area (Å²) in [7, 11) is -3.09. The maximum atomic E-state index is 12.1. The van der Waals surface area contributed by atoms with E-state index in [1.54, 1.807) is 6.92 Å². The first kappa shape index (κ1) is 13.9. The maximum Gasteiger partial charge on any atom is 0.355 e. The summed E-state index contributed by atoms with van der Waals surface area (Å²) in [5.74, 6) is -1.75. The summed E-state index contributed by atoms with van der Waals surface area (Å²) in [4.78, 5) is 28.0. The standard InChI is InChI=1S/C10H12N2O5S2/c1-6-5-19(16,17)3-2-12(6)9(13)8-11-7(4-18-8)10(14)15/h4,6H,2-3,5H2,1H3,(H,14,15). The van der Waals surface area contributed by atoms with Crippen LogP contribution in [0.4, 0.5) is 0 Å². The molecular weight excluding hydrogens is 292 g/mol. The van der Waals surface area contributed by atoms with Gasteiger partial charge in [0.15, 0.2) is 20.5 Å². The van der Waals surface area contributed by atoms with Gasteiger partial charge >= 0.3 is 5.97 Å². The van der Waals surface area contributed by atoms with Crippen LogP contribution in [0.15, 0.2) is 5.38 Å². The summed E-state index contributed by atoms with van der Waals surface area (Å²) in [6.45, 7) is 1.77. The van der Waals surface area contributed by atoms with E-state index < -0.39 is 27.8 Å². The zero-order chi connectivity index (χ0) is 14.2. The number of amides is 1. The van der Waals surface area contributed by atoms with E-state index in [-0.39, 0.29) is 28.8 Å². The average molecular weight is 304 g/mol. The summed E-state index contributed by atoms with van der Waals surface area (Å²) in [6.07, 6.45) is 0. The van der Waals surface area contributed by atoms with E-state index in [9.17, 15) is 18.0 Å². The Bertz CT molecular complexity index is 622. The Morgan fingerprint density at radius 2 is 2.21 bits per heavy atom. The van der Waals surface area contributed by atoms with E-state index in [1.807, 2.05) is 0 Å². The third kappa shape index (κ3) is 2.92. The summed E-state index contributed by atoms with van der Waals surface area (Å²) >= 11 is 0.949. The van der Waals surface area contributed by atoms with Crippen LogP contribution in [0.25, 0.3) is 0 Å². The first-order valence-electron chi connectivity index (χ1n) is 5.50. The summed E-state index contributed by atoms with van der Waals surface area (Å²) in [5, 5.41) is 10.1. The first-order chi connectivity index (χ1) is 8.80. The van der Waals surface area contributed by atoms with Crippen LogP contribution >= 0.6 is 11.3 Å². The highest BCUT2D eigenvalue weighted by molar-refractivity contribution is 7.91. The monoisotopic (exact) mass is 304 g/mol. The summed E-state index contributed by atoms with van der Waals surface area (Å²) in [5.41, 5.74) is -0.175. The quantitative estimate of drug-likeness (QED) is 0.831. The topological polar surface area (TPSA) is 105 Å². The molecule has 2 rings (SSSR count). The Labute approximate surface area is 113 Å². The fourth-order valence-electron chi connectivity index (χ4n) is 1.89. The van der Waals surface area contributed by atoms with E-state index in [4.69, 9.17) is 5.11 Å². The van der Waals surface area contributed by atoms with Crippen molar-refractivity contribution in [3.05, 3.63) is 16.1 Å². The zero-order valence-corrected chi connectivity index (χ0v) is 11.7. The lowest BCUT2D eigenvalue weighted by Crippen LogP contribution is -2.49. The Morgan fingerprint density at radius 3 is 2.74 bits per heavy atom. The Hall–Kier alpha value is -1.48. The molecule has 1 atom stereocenters. The Balaban J connectivity index is 2.17. The lowest BCUT2D eigenvalue weighted by Gasteiger charge is -2.32. The fraction of sp³-hybridized carbons (Fsp3) is 0.500. The number of aromatic carboxylic acids is 1. The van der Waals surface area contributed by atoms with Gasteiger partial charge in [0.1, 0.15) is 0 Å². The molecule has 7 nitrogen and oxygen atoms in total. The SMILES string of the molecule is CC1CS(=O)(=O)CCN1C(=O)c1nc(C(=O)O)cs1. The maximum absolute atomic E-state index is 12.1. The lowest BCUT2D eigenvalue weighted by atomic mass is 10.3. The number of carboxylic acids is 1. The number of rotatable bonds is 2. The second kappa shape index (κ2) is 4.89. The van der Waals surface area contributed by atoms with Crippen LogP contribution in [0.5, 0.6) is 0 Å². The highest BCUT2D eigenvalue weighted by atomic mass is 32.2. The Morgan fingerprint density at radius 1 is 1.53 bits per heavy atom. The van der Waals surface area contributed by atoms with Crippen molar-refractivity contribution < 1.29 is 23.1 Å². The molecular formula is C10H12N2O5S2. The minimum Gasteiger partial charge on any atom is -0.476 e. The minimum atomic E-state index is -3.09. The number of aromatic nitrogens is 1. The van der Waals surface area contributed by atoms with Crippen molar-refractivity contribution in [2.45, 2.75) is 13.0 Å². The highest BCUT2D eigenvalue weighted by Crippen LogP contribution is 2.18. The lowest BCUT2D eigenvalue weighted by molar-refractivity contribution is 0.0691. The fourth-order valence-corrected chi connectivity index (χ4v) is 4.20. The average Bonchev–Trinajstić information content (AvgIpc) is 2.76. The van der Waals surface area contributed by atoms with Gasteiger partial charge in [-0.3, -0.25) is 4.79 Å². The number of sulfone groups is 1. The molecule has 1 unspecified atom stereocenters. The van der Waals surface area contributed by atoms with E-state index in [0.717, 1.165) is 11.3 Å². The van der Waals surface area contributed by atoms with Crippen molar-refractivity contribution in [1.29, 1.82) is 0 Å². The molecule has 2 heterocycles. The number of thiazole rings is 1. The largest absolute Gasteiger partial charge is 0.476 e. The van der Waals surface area contributed by atoms with Crippen molar-refractivity contribution in [1.82, 2.24) is 9.88 Å². The molecule has 1 fully saturated rings. The highest BCUT2D eigenvalue weighted by Gasteiger charge is 2.33. The number of carboxylic acid groups (broad SMARTS) is 1. The van der Waals surface area contributed by atoms with Crippen molar-refractivity contribution in [2.24, 2.45) is 0 Å². The van der Waals surface area contributed by atoms with Crippen LogP contribution in [-0.2, 0) is 9.84 Å². The van der Waals surface area contributed by atoms with Crippen LogP contribution in [0.1, 0.15) is 27.2 Å². The first-order valence-corrected chi connectivity index (χ1v) is 8.20. The number of hydrogen-bond acceptors (Lipinski definition) is 6. The molecule has 1 aliphatic rings. The van der Waals surface area contributed by atoms with Crippen LogP contribution in [0, 0.1) is 0 Å². The van der Waals surface area contributed by atoms with Gasteiger partial charge in [-0.05, 0) is 6.92 Å². The van der Waals surface area contributed by atoms with Crippen LogP contribution in [0.3, 0.4) is 0 Å². The molecule has 0 radical (unpaired) electrons. The molecule has 0 spiro atoms. The van der Waals surface area contributed by atoms with Gasteiger partial charge in [-0.15, -0.1) is 11.3 Å². The minimum absolute atomic E-state index is 0.0692. The molecule has 0 aliphatic carbocycles. The smallest absolute Gasteiger partial charge is 0.355 e. The van der Waals surface area contributed by atoms with Gasteiger partial charge in [0.25, 0.3) is 5.91 Å². The number of carbonyl (C=O) groups is 2. The number of hydrogen-bond donors (Lipinski definition) is 1. The molecule has 1 saturated heterocycles. The molecule has 1 amide bonds. The third-order valence-corrected chi connectivity index (χ3v) is 5.46. The van der Waals surface area contributed by atoms with E-state index in [2.05, 4.69) is 4.98 Å². The predicted octanol–water partition coefficient (Wildman–Crippen LogP) is 0.100. The van der Waals surface area contributed by atoms with E-state index >= 15 is 0 Å². The molecule has 0 bridgehead atoms. The van der Waals surface area contributed by atoms with Gasteiger partial charge in [-0.1, -0.05) is 0 Å². The van der Waals surface area contributed by atoms with Crippen molar-refractivity contribution in [3.8, 4) is 0 Å². The Kier molecular flexibility index (Phi) is 3.59. The molecule has 0 aromatic carbocycles. The molecule has 1 aromatic rings.